The Balaban J connectivity index is 2.22. The smallest absolute Gasteiger partial charge is 0.189 e. The zero-order valence-corrected chi connectivity index (χ0v) is 15.6. The largest absolute Gasteiger partial charge is 0.507 e. The molecule has 0 amide bonds. The molecule has 0 aliphatic heterocycles. The van der Waals surface area contributed by atoms with Gasteiger partial charge in [0, 0.05) is 6.07 Å². The monoisotopic (exact) mass is 352 g/mol. The Morgan fingerprint density at radius 2 is 1.85 bits per heavy atom. The number of hydrogen-bond donors (Lipinski definition) is 1. The minimum absolute atomic E-state index is 0.0991. The molecule has 136 valence electrons. The standard InChI is InChI=1S/C22H24O4/c1-15(2)5-8-17-13-16(7-12-22(17)26-4)6-11-20(23)19-10-9-18(25-3)14-21(19)24/h5-7,9-14,24H,8H2,1-4H3/b11-6+. The number of hydrogen-bond acceptors (Lipinski definition) is 4. The van der Waals surface area contributed by atoms with Crippen molar-refractivity contribution in [2.45, 2.75) is 20.3 Å². The molecule has 0 bridgehead atoms. The van der Waals surface area contributed by atoms with Gasteiger partial charge in [0.05, 0.1) is 19.8 Å². The van der Waals surface area contributed by atoms with E-state index < -0.39 is 0 Å². The molecule has 2 aromatic rings. The molecule has 2 rings (SSSR count). The lowest BCUT2D eigenvalue weighted by Gasteiger charge is -2.08. The molecular formula is C22H24O4. The molecule has 0 heterocycles. The number of aromatic hydroxyl groups is 1. The number of ketones is 1. The Morgan fingerprint density at radius 3 is 2.46 bits per heavy atom. The van der Waals surface area contributed by atoms with Gasteiger partial charge in [-0.25, -0.2) is 0 Å². The zero-order chi connectivity index (χ0) is 19.1. The first-order valence-electron chi connectivity index (χ1n) is 8.34. The van der Waals surface area contributed by atoms with Gasteiger partial charge in [-0.15, -0.1) is 0 Å². The third kappa shape index (κ3) is 4.99. The summed E-state index contributed by atoms with van der Waals surface area (Å²) in [6, 6.07) is 10.4. The summed E-state index contributed by atoms with van der Waals surface area (Å²) in [7, 11) is 3.15. The highest BCUT2D eigenvalue weighted by Crippen LogP contribution is 2.25. The fourth-order valence-electron chi connectivity index (χ4n) is 2.48. The van der Waals surface area contributed by atoms with Crippen molar-refractivity contribution < 1.29 is 19.4 Å². The van der Waals surface area contributed by atoms with E-state index in [2.05, 4.69) is 19.9 Å². The number of allylic oxidation sites excluding steroid dienone is 3. The van der Waals surface area contributed by atoms with Gasteiger partial charge in [-0.3, -0.25) is 4.79 Å². The Morgan fingerprint density at radius 1 is 1.08 bits per heavy atom. The summed E-state index contributed by atoms with van der Waals surface area (Å²) in [6.45, 7) is 4.10. The lowest BCUT2D eigenvalue weighted by Crippen LogP contribution is -1.96. The van der Waals surface area contributed by atoms with Crippen LogP contribution in [0, 0.1) is 0 Å². The van der Waals surface area contributed by atoms with E-state index in [1.54, 1.807) is 25.3 Å². The topological polar surface area (TPSA) is 55.8 Å². The summed E-state index contributed by atoms with van der Waals surface area (Å²) in [5, 5.41) is 9.97. The number of rotatable bonds is 7. The summed E-state index contributed by atoms with van der Waals surface area (Å²) in [5.74, 6) is 0.950. The molecule has 4 heteroatoms. The van der Waals surface area contributed by atoms with Gasteiger partial charge in [0.2, 0.25) is 0 Å². The van der Waals surface area contributed by atoms with Gasteiger partial charge in [0.25, 0.3) is 0 Å². The van der Waals surface area contributed by atoms with Crippen LogP contribution in [0.15, 0.2) is 54.1 Å². The number of phenolic OH excluding ortho intramolecular Hbond substituents is 1. The molecule has 26 heavy (non-hydrogen) atoms. The molecule has 0 saturated carbocycles. The second-order valence-corrected chi connectivity index (χ2v) is 6.14. The van der Waals surface area contributed by atoms with Crippen LogP contribution in [-0.2, 0) is 6.42 Å². The quantitative estimate of drug-likeness (QED) is 0.441. The number of ether oxygens (including phenoxy) is 2. The van der Waals surface area contributed by atoms with E-state index in [1.807, 2.05) is 18.2 Å². The predicted octanol–water partition coefficient (Wildman–Crippen LogP) is 4.81. The number of benzene rings is 2. The summed E-state index contributed by atoms with van der Waals surface area (Å²) in [6.07, 6.45) is 6.08. The molecule has 0 aliphatic rings. The van der Waals surface area contributed by atoms with Gasteiger partial charge in [-0.2, -0.15) is 0 Å². The van der Waals surface area contributed by atoms with E-state index >= 15 is 0 Å². The molecule has 0 aromatic heterocycles. The third-order valence-electron chi connectivity index (χ3n) is 3.93. The van der Waals surface area contributed by atoms with E-state index in [0.717, 1.165) is 23.3 Å². The highest BCUT2D eigenvalue weighted by molar-refractivity contribution is 6.08. The Bertz CT molecular complexity index is 843. The number of methoxy groups -OCH3 is 2. The molecule has 2 aromatic carbocycles. The number of phenols is 1. The molecule has 4 nitrogen and oxygen atoms in total. The van der Waals surface area contributed by atoms with Crippen molar-refractivity contribution in [3.63, 3.8) is 0 Å². The maximum atomic E-state index is 12.3. The summed E-state index contributed by atoms with van der Waals surface area (Å²) in [5.41, 5.74) is 3.42. The summed E-state index contributed by atoms with van der Waals surface area (Å²) in [4.78, 5) is 12.3. The maximum Gasteiger partial charge on any atom is 0.189 e. The minimum Gasteiger partial charge on any atom is -0.507 e. The number of carbonyl (C=O) groups is 1. The van der Waals surface area contributed by atoms with E-state index in [9.17, 15) is 9.90 Å². The Labute approximate surface area is 154 Å². The van der Waals surface area contributed by atoms with E-state index in [4.69, 9.17) is 9.47 Å². The summed E-state index contributed by atoms with van der Waals surface area (Å²) >= 11 is 0. The van der Waals surface area contributed by atoms with Crippen LogP contribution in [0.2, 0.25) is 0 Å². The van der Waals surface area contributed by atoms with Crippen molar-refractivity contribution in [2.75, 3.05) is 14.2 Å². The van der Waals surface area contributed by atoms with Crippen LogP contribution in [-0.4, -0.2) is 25.1 Å². The van der Waals surface area contributed by atoms with Crippen molar-refractivity contribution in [2.24, 2.45) is 0 Å². The van der Waals surface area contributed by atoms with Crippen molar-refractivity contribution in [3.8, 4) is 17.2 Å². The molecule has 0 unspecified atom stereocenters. The van der Waals surface area contributed by atoms with Crippen LogP contribution in [0.3, 0.4) is 0 Å². The Hall–Kier alpha value is -3.01. The average Bonchev–Trinajstić information content (AvgIpc) is 2.64. The molecular weight excluding hydrogens is 328 g/mol. The average molecular weight is 352 g/mol. The lowest BCUT2D eigenvalue weighted by molar-refractivity contribution is 0.104. The number of carbonyl (C=O) groups excluding carboxylic acids is 1. The van der Waals surface area contributed by atoms with Crippen molar-refractivity contribution in [1.29, 1.82) is 0 Å². The minimum atomic E-state index is -0.271. The van der Waals surface area contributed by atoms with Gasteiger partial charge in [0.15, 0.2) is 5.78 Å². The highest BCUT2D eigenvalue weighted by atomic mass is 16.5. The maximum absolute atomic E-state index is 12.3. The first kappa shape index (κ1) is 19.3. The lowest BCUT2D eigenvalue weighted by atomic mass is 10.0. The van der Waals surface area contributed by atoms with E-state index in [1.165, 1.54) is 24.8 Å². The van der Waals surface area contributed by atoms with E-state index in [-0.39, 0.29) is 17.1 Å². The van der Waals surface area contributed by atoms with Crippen LogP contribution in [0.25, 0.3) is 6.08 Å². The fraction of sp³-hybridized carbons (Fsp3) is 0.227. The molecule has 0 atom stereocenters. The van der Waals surface area contributed by atoms with Crippen molar-refractivity contribution in [1.82, 2.24) is 0 Å². The van der Waals surface area contributed by atoms with E-state index in [0.29, 0.717) is 5.75 Å². The third-order valence-corrected chi connectivity index (χ3v) is 3.93. The fourth-order valence-corrected chi connectivity index (χ4v) is 2.48. The van der Waals surface area contributed by atoms with Gasteiger partial charge in [-0.05, 0) is 61.7 Å². The van der Waals surface area contributed by atoms with Gasteiger partial charge < -0.3 is 14.6 Å². The zero-order valence-electron chi connectivity index (χ0n) is 15.6. The molecule has 1 N–H and O–H groups in total. The van der Waals surface area contributed by atoms with Gasteiger partial charge >= 0.3 is 0 Å². The molecule has 0 fully saturated rings. The first-order valence-corrected chi connectivity index (χ1v) is 8.34. The molecule has 0 saturated heterocycles. The van der Waals surface area contributed by atoms with Crippen molar-refractivity contribution >= 4 is 11.9 Å². The Kier molecular flexibility index (Phi) is 6.61. The van der Waals surface area contributed by atoms with Gasteiger partial charge in [0.1, 0.15) is 17.2 Å². The predicted molar refractivity (Wildman–Crippen MR) is 104 cm³/mol. The van der Waals surface area contributed by atoms with Gasteiger partial charge in [-0.1, -0.05) is 23.8 Å². The SMILES string of the molecule is COc1ccc(C(=O)/C=C/c2ccc(OC)c(CC=C(C)C)c2)c(O)c1. The van der Waals surface area contributed by atoms with Crippen LogP contribution >= 0.6 is 0 Å². The van der Waals surface area contributed by atoms with Crippen LogP contribution < -0.4 is 9.47 Å². The second-order valence-electron chi connectivity index (χ2n) is 6.14. The van der Waals surface area contributed by atoms with Crippen molar-refractivity contribution in [3.05, 3.63) is 70.8 Å². The first-order chi connectivity index (χ1) is 12.4. The molecule has 0 radical (unpaired) electrons. The van der Waals surface area contributed by atoms with Crippen LogP contribution in [0.5, 0.6) is 17.2 Å². The molecule has 0 spiro atoms. The summed E-state index contributed by atoms with van der Waals surface area (Å²) < 4.78 is 10.4. The normalized spacial score (nSPS) is 10.6. The highest BCUT2D eigenvalue weighted by Gasteiger charge is 2.09. The second kappa shape index (κ2) is 8.90. The van der Waals surface area contributed by atoms with Crippen LogP contribution in [0.4, 0.5) is 0 Å². The van der Waals surface area contributed by atoms with Crippen LogP contribution in [0.1, 0.15) is 35.3 Å². The molecule has 0 aliphatic carbocycles.